The average molecular weight is 496 g/mol. The summed E-state index contributed by atoms with van der Waals surface area (Å²) in [6.45, 7) is 0.878. The molecule has 12 heteroatoms. The van der Waals surface area contributed by atoms with Crippen LogP contribution in [0.25, 0.3) is 0 Å². The number of phenols is 1. The molecule has 7 fully saturated rings. The summed E-state index contributed by atoms with van der Waals surface area (Å²) in [4.78, 5) is 12.7. The normalized spacial score (nSPS) is 51.3. The molecule has 6 N–H and O–H groups in total. The molecule has 7 aliphatic rings. The van der Waals surface area contributed by atoms with Gasteiger partial charge in [0.25, 0.3) is 0 Å². The highest BCUT2D eigenvalue weighted by atomic mass is 16.8. The van der Waals surface area contributed by atoms with Crippen molar-refractivity contribution in [3.8, 4) is 5.75 Å². The molecule has 0 spiro atoms. The zero-order valence-electron chi connectivity index (χ0n) is 18.8. The Kier molecular flexibility index (Phi) is 4.93. The Hall–Kier alpha value is -1.87. The van der Waals surface area contributed by atoms with Gasteiger partial charge in [0.1, 0.15) is 48.0 Å². The predicted octanol–water partition coefficient (Wildman–Crippen LogP) is -1.65. The largest absolute Gasteiger partial charge is 0.508 e. The Labute approximate surface area is 199 Å². The number of rotatable bonds is 6. The molecule has 0 unspecified atom stereocenters. The lowest BCUT2D eigenvalue weighted by Gasteiger charge is -2.67. The number of hydrogen-bond acceptors (Lipinski definition) is 12. The fourth-order valence-corrected chi connectivity index (χ4v) is 6.90. The summed E-state index contributed by atoms with van der Waals surface area (Å²) >= 11 is 0. The number of esters is 1. The molecular formula is C23H28O12. The van der Waals surface area contributed by atoms with E-state index in [9.17, 15) is 35.4 Å². The van der Waals surface area contributed by atoms with Crippen molar-refractivity contribution in [1.82, 2.24) is 0 Å². The number of ether oxygens (including phenoxy) is 5. The third-order valence-electron chi connectivity index (χ3n) is 8.66. The highest BCUT2D eigenvalue weighted by molar-refractivity contribution is 5.89. The molecule has 6 bridgehead atoms. The van der Waals surface area contributed by atoms with Crippen LogP contribution in [0.4, 0.5) is 0 Å². The van der Waals surface area contributed by atoms with Gasteiger partial charge in [0, 0.05) is 12.3 Å². The van der Waals surface area contributed by atoms with Gasteiger partial charge in [0.15, 0.2) is 18.4 Å². The van der Waals surface area contributed by atoms with Gasteiger partial charge in [-0.1, -0.05) is 0 Å². The molecule has 35 heavy (non-hydrogen) atoms. The molecule has 3 aliphatic carbocycles. The van der Waals surface area contributed by atoms with Crippen LogP contribution in [0.1, 0.15) is 30.1 Å². The molecule has 1 aromatic carbocycles. The van der Waals surface area contributed by atoms with Crippen molar-refractivity contribution in [3.05, 3.63) is 29.8 Å². The minimum atomic E-state index is -1.64. The zero-order valence-corrected chi connectivity index (χ0v) is 18.8. The summed E-state index contributed by atoms with van der Waals surface area (Å²) in [7, 11) is 0. The number of aliphatic hydroxyl groups is 5. The standard InChI is InChI=1S/C23H28O12/c1-20-8-22(30)13-6-23(20,33-18-16(28)15(27)14(26)12(7-24)32-18)21(13,19(34-20)35-22)9-31-17(29)10-2-4-11(25)5-3-10/h2-5,12-16,18-19,24-28,30H,6-9H2,1H3/t12-,13-,14+,15+,16-,18-,19-,20+,21-,22-,23+/m1/s1. The van der Waals surface area contributed by atoms with E-state index in [1.54, 1.807) is 6.92 Å². The second kappa shape index (κ2) is 7.34. The number of carbonyl (C=O) groups is 1. The smallest absolute Gasteiger partial charge is 0.338 e. The molecule has 4 heterocycles. The topological polar surface area (TPSA) is 185 Å². The van der Waals surface area contributed by atoms with Crippen molar-refractivity contribution in [1.29, 1.82) is 0 Å². The number of benzene rings is 1. The molecule has 192 valence electrons. The minimum absolute atomic E-state index is 0.00282. The van der Waals surface area contributed by atoms with Gasteiger partial charge in [-0.25, -0.2) is 4.79 Å². The van der Waals surface area contributed by atoms with Gasteiger partial charge in [-0.15, -0.1) is 0 Å². The number of aromatic hydroxyl groups is 1. The van der Waals surface area contributed by atoms with E-state index in [0.717, 1.165) is 0 Å². The summed E-state index contributed by atoms with van der Waals surface area (Å²) in [5, 5.41) is 61.2. The Bertz CT molecular complexity index is 1030. The molecule has 3 saturated carbocycles. The van der Waals surface area contributed by atoms with E-state index in [1.165, 1.54) is 24.3 Å². The summed E-state index contributed by atoms with van der Waals surface area (Å²) in [5.74, 6) is -2.68. The van der Waals surface area contributed by atoms with E-state index >= 15 is 0 Å². The van der Waals surface area contributed by atoms with Crippen molar-refractivity contribution in [2.45, 2.75) is 73.8 Å². The first-order valence-corrected chi connectivity index (χ1v) is 11.5. The number of hydrogen-bond donors (Lipinski definition) is 6. The van der Waals surface area contributed by atoms with E-state index in [4.69, 9.17) is 23.7 Å². The summed E-state index contributed by atoms with van der Waals surface area (Å²) in [6.07, 6.45) is -8.10. The first kappa shape index (κ1) is 23.5. The van der Waals surface area contributed by atoms with Gasteiger partial charge in [-0.3, -0.25) is 0 Å². The van der Waals surface area contributed by atoms with Crippen LogP contribution in [0.5, 0.6) is 5.75 Å². The third-order valence-corrected chi connectivity index (χ3v) is 8.66. The fourth-order valence-electron chi connectivity index (χ4n) is 6.90. The summed E-state index contributed by atoms with van der Waals surface area (Å²) in [6, 6.07) is 5.54. The van der Waals surface area contributed by atoms with Gasteiger partial charge in [-0.2, -0.15) is 0 Å². The van der Waals surface area contributed by atoms with E-state index < -0.39 is 77.9 Å². The van der Waals surface area contributed by atoms with E-state index in [1.807, 2.05) is 0 Å². The van der Waals surface area contributed by atoms with Crippen LogP contribution in [-0.4, -0.2) is 104 Å². The average Bonchev–Trinajstić information content (AvgIpc) is 3.00. The minimum Gasteiger partial charge on any atom is -0.508 e. The van der Waals surface area contributed by atoms with Crippen LogP contribution in [0.3, 0.4) is 0 Å². The molecule has 11 atom stereocenters. The molecule has 1 aromatic rings. The maximum Gasteiger partial charge on any atom is 0.338 e. The number of carbonyl (C=O) groups excluding carboxylic acids is 1. The van der Waals surface area contributed by atoms with Crippen LogP contribution < -0.4 is 0 Å². The van der Waals surface area contributed by atoms with Crippen LogP contribution in [0, 0.1) is 11.3 Å². The van der Waals surface area contributed by atoms with Gasteiger partial charge in [-0.05, 0) is 37.6 Å². The molecular weight excluding hydrogens is 468 g/mol. The Morgan fingerprint density at radius 3 is 2.51 bits per heavy atom. The van der Waals surface area contributed by atoms with E-state index in [2.05, 4.69) is 0 Å². The molecule has 0 aromatic heterocycles. The fraction of sp³-hybridized carbons (Fsp3) is 0.696. The van der Waals surface area contributed by atoms with E-state index in [0.29, 0.717) is 0 Å². The number of phenolic OH excluding ortho intramolecular Hbond substituents is 1. The summed E-state index contributed by atoms with van der Waals surface area (Å²) < 4.78 is 29.6. The van der Waals surface area contributed by atoms with Crippen LogP contribution in [0.15, 0.2) is 24.3 Å². The van der Waals surface area contributed by atoms with Gasteiger partial charge < -0.3 is 54.3 Å². The number of aliphatic hydroxyl groups excluding tert-OH is 4. The molecule has 0 radical (unpaired) electrons. The monoisotopic (exact) mass is 496 g/mol. The first-order valence-electron chi connectivity index (χ1n) is 11.5. The second-order valence-electron chi connectivity index (χ2n) is 10.4. The Morgan fingerprint density at radius 1 is 1.11 bits per heavy atom. The van der Waals surface area contributed by atoms with Crippen molar-refractivity contribution in [2.24, 2.45) is 11.3 Å². The van der Waals surface area contributed by atoms with Crippen molar-refractivity contribution < 1.29 is 59.1 Å². The second-order valence-corrected chi connectivity index (χ2v) is 10.4. The molecule has 4 saturated heterocycles. The van der Waals surface area contributed by atoms with Crippen molar-refractivity contribution >= 4 is 5.97 Å². The van der Waals surface area contributed by atoms with Crippen molar-refractivity contribution in [2.75, 3.05) is 13.2 Å². The molecule has 0 amide bonds. The van der Waals surface area contributed by atoms with Gasteiger partial charge in [0.2, 0.25) is 0 Å². The van der Waals surface area contributed by atoms with Crippen molar-refractivity contribution in [3.63, 3.8) is 0 Å². The van der Waals surface area contributed by atoms with Crippen LogP contribution in [0.2, 0.25) is 0 Å². The Balaban J connectivity index is 1.31. The van der Waals surface area contributed by atoms with Gasteiger partial charge in [0.05, 0.1) is 17.6 Å². The highest BCUT2D eigenvalue weighted by Gasteiger charge is 2.94. The maximum absolute atomic E-state index is 12.7. The maximum atomic E-state index is 12.7. The first-order chi connectivity index (χ1) is 16.5. The zero-order chi connectivity index (χ0) is 25.0. The lowest BCUT2D eigenvalue weighted by molar-refractivity contribution is -0.424. The summed E-state index contributed by atoms with van der Waals surface area (Å²) in [5.41, 5.74) is -3.27. The van der Waals surface area contributed by atoms with Gasteiger partial charge >= 0.3 is 5.97 Å². The van der Waals surface area contributed by atoms with Crippen LogP contribution in [-0.2, 0) is 23.7 Å². The highest BCUT2D eigenvalue weighted by Crippen LogP contribution is 2.81. The molecule has 8 rings (SSSR count). The SMILES string of the molecule is C[C@@]12C[C@@]3(O)O[C@@H](O1)[C@@]1(COC(=O)c4ccc(O)cc4)[C@H]3C[C@@]12O[C@H]1O[C@H](CO)[C@H](O)[C@H](O)[C@H]1O. The van der Waals surface area contributed by atoms with Crippen LogP contribution >= 0.6 is 0 Å². The predicted molar refractivity (Wildman–Crippen MR) is 110 cm³/mol. The third kappa shape index (κ3) is 2.80. The molecule has 4 aliphatic heterocycles. The lowest BCUT2D eigenvalue weighted by Crippen LogP contribution is -2.80. The Morgan fingerprint density at radius 2 is 1.83 bits per heavy atom. The van der Waals surface area contributed by atoms with E-state index in [-0.39, 0.29) is 30.8 Å². The quantitative estimate of drug-likeness (QED) is 0.247. The molecule has 12 nitrogen and oxygen atoms in total. The lowest BCUT2D eigenvalue weighted by atomic mass is 9.41.